The summed E-state index contributed by atoms with van der Waals surface area (Å²) in [5.74, 6) is -0.449. The van der Waals surface area contributed by atoms with E-state index in [9.17, 15) is 13.2 Å². The van der Waals surface area contributed by atoms with E-state index < -0.39 is 16.0 Å². The van der Waals surface area contributed by atoms with E-state index in [2.05, 4.69) is 4.72 Å². The zero-order valence-electron chi connectivity index (χ0n) is 10.3. The number of aryl methyl sites for hydroxylation is 1. The van der Waals surface area contributed by atoms with E-state index in [1.807, 2.05) is 6.26 Å². The monoisotopic (exact) mass is 309 g/mol. The van der Waals surface area contributed by atoms with Gasteiger partial charge in [-0.15, -0.1) is 11.3 Å². The van der Waals surface area contributed by atoms with Gasteiger partial charge in [0.25, 0.3) is 0 Å². The molecule has 0 aliphatic rings. The minimum absolute atomic E-state index is 0.0328. The fraction of sp³-hybridized carbons (Fsp3) is 0.500. The number of thiophene rings is 1. The van der Waals surface area contributed by atoms with Gasteiger partial charge in [0.2, 0.25) is 10.0 Å². The lowest BCUT2D eigenvalue weighted by atomic mass is 10.4. The number of nitrogens with one attached hydrogen (secondary N) is 1. The number of aromatic carboxylic acids is 1. The van der Waals surface area contributed by atoms with Gasteiger partial charge < -0.3 is 5.11 Å². The zero-order chi connectivity index (χ0) is 13.9. The first kappa shape index (κ1) is 15.5. The quantitative estimate of drug-likeness (QED) is 0.837. The third-order valence-corrected chi connectivity index (χ3v) is 5.86. The van der Waals surface area contributed by atoms with Crippen LogP contribution in [-0.2, 0) is 10.0 Å². The van der Waals surface area contributed by atoms with Gasteiger partial charge in [-0.05, 0) is 26.2 Å². The second-order valence-electron chi connectivity index (χ2n) is 3.81. The van der Waals surface area contributed by atoms with Crippen LogP contribution in [0.1, 0.15) is 21.5 Å². The Kier molecular flexibility index (Phi) is 5.20. The molecule has 8 heteroatoms. The third-order valence-electron chi connectivity index (χ3n) is 2.15. The Hall–Kier alpha value is -0.570. The molecule has 0 saturated heterocycles. The molecule has 1 heterocycles. The number of carboxylic acid groups (broad SMARTS) is 1. The molecule has 1 unspecified atom stereocenters. The molecule has 0 radical (unpaired) electrons. The van der Waals surface area contributed by atoms with Gasteiger partial charge in [0.1, 0.15) is 4.88 Å². The molecule has 102 valence electrons. The first-order chi connectivity index (χ1) is 8.27. The highest BCUT2D eigenvalue weighted by Crippen LogP contribution is 2.25. The van der Waals surface area contributed by atoms with E-state index in [0.29, 0.717) is 10.6 Å². The maximum absolute atomic E-state index is 12.1. The molecule has 18 heavy (non-hydrogen) atoms. The normalized spacial score (nSPS) is 13.5. The Morgan fingerprint density at radius 2 is 2.22 bits per heavy atom. The molecule has 0 saturated carbocycles. The maximum atomic E-state index is 12.1. The van der Waals surface area contributed by atoms with Crippen molar-refractivity contribution in [3.05, 3.63) is 15.8 Å². The molecule has 5 nitrogen and oxygen atoms in total. The van der Waals surface area contributed by atoms with E-state index in [0.717, 1.165) is 11.3 Å². The van der Waals surface area contributed by atoms with E-state index >= 15 is 0 Å². The number of hydrogen-bond acceptors (Lipinski definition) is 5. The predicted molar refractivity (Wildman–Crippen MR) is 74.2 cm³/mol. The van der Waals surface area contributed by atoms with Crippen LogP contribution in [0.5, 0.6) is 0 Å². The summed E-state index contributed by atoms with van der Waals surface area (Å²) in [5, 5.41) is 8.85. The molecule has 0 bridgehead atoms. The minimum Gasteiger partial charge on any atom is -0.477 e. The molecular formula is C10H15NO4S3. The molecule has 0 aliphatic carbocycles. The van der Waals surface area contributed by atoms with Gasteiger partial charge in [0.05, 0.1) is 4.90 Å². The summed E-state index contributed by atoms with van der Waals surface area (Å²) >= 11 is 2.51. The second-order valence-corrected chi connectivity index (χ2v) is 7.66. The van der Waals surface area contributed by atoms with E-state index in [4.69, 9.17) is 5.11 Å². The summed E-state index contributed by atoms with van der Waals surface area (Å²) < 4.78 is 26.7. The average molecular weight is 309 g/mol. The SMILES string of the molecule is CSCC(C)NS(=O)(=O)c1cc(C(=O)O)sc1C. The van der Waals surface area contributed by atoms with Crippen molar-refractivity contribution in [2.24, 2.45) is 0 Å². The highest BCUT2D eigenvalue weighted by Gasteiger charge is 2.23. The van der Waals surface area contributed by atoms with Crippen molar-refractivity contribution in [3.63, 3.8) is 0 Å². The van der Waals surface area contributed by atoms with Crippen molar-refractivity contribution in [1.29, 1.82) is 0 Å². The Morgan fingerprint density at radius 3 is 2.67 bits per heavy atom. The maximum Gasteiger partial charge on any atom is 0.345 e. The summed E-state index contributed by atoms with van der Waals surface area (Å²) in [6.07, 6.45) is 1.89. The number of hydrogen-bond donors (Lipinski definition) is 2. The number of sulfonamides is 1. The van der Waals surface area contributed by atoms with Crippen LogP contribution in [0, 0.1) is 6.92 Å². The molecule has 2 N–H and O–H groups in total. The Morgan fingerprint density at radius 1 is 1.61 bits per heavy atom. The van der Waals surface area contributed by atoms with Crippen molar-refractivity contribution in [3.8, 4) is 0 Å². The highest BCUT2D eigenvalue weighted by molar-refractivity contribution is 7.98. The van der Waals surface area contributed by atoms with Gasteiger partial charge in [-0.3, -0.25) is 0 Å². The summed E-state index contributed by atoms with van der Waals surface area (Å²) in [5.41, 5.74) is 0. The largest absolute Gasteiger partial charge is 0.477 e. The van der Waals surface area contributed by atoms with Gasteiger partial charge >= 0.3 is 5.97 Å². The van der Waals surface area contributed by atoms with E-state index in [-0.39, 0.29) is 15.8 Å². The van der Waals surface area contributed by atoms with Crippen LogP contribution in [0.3, 0.4) is 0 Å². The van der Waals surface area contributed by atoms with Crippen molar-refractivity contribution < 1.29 is 18.3 Å². The number of carbonyl (C=O) groups is 1. The standard InChI is InChI=1S/C10H15NO4S3/c1-6(5-16-3)11-18(14,15)9-4-8(10(12)13)17-7(9)2/h4,6,11H,5H2,1-3H3,(H,12,13). The van der Waals surface area contributed by atoms with Crippen molar-refractivity contribution in [2.75, 3.05) is 12.0 Å². The highest BCUT2D eigenvalue weighted by atomic mass is 32.2. The summed E-state index contributed by atoms with van der Waals surface area (Å²) in [4.78, 5) is 11.4. The van der Waals surface area contributed by atoms with Crippen LogP contribution in [-0.4, -0.2) is 37.5 Å². The Labute approximate surface area is 115 Å². The van der Waals surface area contributed by atoms with Gasteiger partial charge in [-0.2, -0.15) is 11.8 Å². The third kappa shape index (κ3) is 3.71. The average Bonchev–Trinajstić information content (AvgIpc) is 2.60. The second kappa shape index (κ2) is 6.05. The van der Waals surface area contributed by atoms with E-state index in [1.54, 1.807) is 25.6 Å². The molecule has 0 spiro atoms. The van der Waals surface area contributed by atoms with E-state index in [1.165, 1.54) is 6.07 Å². The lowest BCUT2D eigenvalue weighted by molar-refractivity contribution is 0.0702. The zero-order valence-corrected chi connectivity index (χ0v) is 12.7. The molecule has 0 aromatic carbocycles. The van der Waals surface area contributed by atoms with Gasteiger partial charge in [-0.1, -0.05) is 0 Å². The Balaban J connectivity index is 3.01. The van der Waals surface area contributed by atoms with Crippen molar-refractivity contribution in [2.45, 2.75) is 24.8 Å². The fourth-order valence-corrected chi connectivity index (χ4v) is 4.81. The number of thioether (sulfide) groups is 1. The first-order valence-corrected chi connectivity index (χ1v) is 8.82. The van der Waals surface area contributed by atoms with Crippen LogP contribution in [0.4, 0.5) is 0 Å². The minimum atomic E-state index is -3.64. The molecule has 0 amide bonds. The topological polar surface area (TPSA) is 83.5 Å². The van der Waals surface area contributed by atoms with Crippen molar-refractivity contribution in [1.82, 2.24) is 4.72 Å². The lowest BCUT2D eigenvalue weighted by Gasteiger charge is -2.12. The van der Waals surface area contributed by atoms with Gasteiger partial charge in [-0.25, -0.2) is 17.9 Å². The first-order valence-electron chi connectivity index (χ1n) is 5.13. The van der Waals surface area contributed by atoms with Crippen molar-refractivity contribution >= 4 is 39.1 Å². The number of carboxylic acids is 1. The van der Waals surface area contributed by atoms with Crippen LogP contribution in [0.15, 0.2) is 11.0 Å². The number of rotatable bonds is 6. The summed E-state index contributed by atoms with van der Waals surface area (Å²) in [6, 6.07) is 1.01. The molecule has 1 aromatic rings. The Bertz CT molecular complexity index is 535. The molecule has 0 aliphatic heterocycles. The predicted octanol–water partition coefficient (Wildman–Crippen LogP) is 1.78. The summed E-state index contributed by atoms with van der Waals surface area (Å²) in [7, 11) is -3.64. The van der Waals surface area contributed by atoms with Crippen LogP contribution in [0.2, 0.25) is 0 Å². The lowest BCUT2D eigenvalue weighted by Crippen LogP contribution is -2.34. The molecule has 0 fully saturated rings. The molecule has 1 aromatic heterocycles. The molecule has 1 atom stereocenters. The van der Waals surface area contributed by atoms with Crippen LogP contribution >= 0.6 is 23.1 Å². The van der Waals surface area contributed by atoms with Crippen LogP contribution in [0.25, 0.3) is 0 Å². The van der Waals surface area contributed by atoms with Gasteiger partial charge in [0, 0.05) is 16.7 Å². The molecular weight excluding hydrogens is 294 g/mol. The summed E-state index contributed by atoms with van der Waals surface area (Å²) in [6.45, 7) is 3.37. The van der Waals surface area contributed by atoms with Gasteiger partial charge in [0.15, 0.2) is 0 Å². The molecule has 1 rings (SSSR count). The smallest absolute Gasteiger partial charge is 0.345 e. The fourth-order valence-electron chi connectivity index (χ4n) is 1.45. The van der Waals surface area contributed by atoms with Crippen LogP contribution < -0.4 is 4.72 Å².